The third-order valence-electron chi connectivity index (χ3n) is 6.45. The summed E-state index contributed by atoms with van der Waals surface area (Å²) in [6.45, 7) is 3.33. The van der Waals surface area contributed by atoms with Crippen LogP contribution in [0.5, 0.6) is 11.5 Å². The minimum Gasteiger partial charge on any atom is -0.489 e. The van der Waals surface area contributed by atoms with E-state index in [2.05, 4.69) is 20.7 Å². The number of hydrogen-bond donors (Lipinski definition) is 2. The Bertz CT molecular complexity index is 1660. The van der Waals surface area contributed by atoms with Crippen LogP contribution in [-0.2, 0) is 36.3 Å². The molecule has 42 heavy (non-hydrogen) atoms. The second-order valence-corrected chi connectivity index (χ2v) is 11.6. The van der Waals surface area contributed by atoms with E-state index >= 15 is 0 Å². The van der Waals surface area contributed by atoms with Crippen molar-refractivity contribution in [1.82, 2.24) is 14.2 Å². The number of ether oxygens (including phenoxy) is 2. The number of rotatable bonds is 14. The molecule has 0 atom stereocenters. The lowest BCUT2D eigenvalue weighted by molar-refractivity contribution is 0.306. The summed E-state index contributed by atoms with van der Waals surface area (Å²) >= 11 is 0. The maximum atomic E-state index is 12.7. The van der Waals surface area contributed by atoms with Crippen molar-refractivity contribution in [3.8, 4) is 11.5 Å². The molecule has 0 aliphatic carbocycles. The van der Waals surface area contributed by atoms with E-state index in [1.807, 2.05) is 109 Å². The van der Waals surface area contributed by atoms with Crippen LogP contribution < -0.4 is 20.1 Å². The number of nitrogens with one attached hydrogen (secondary N) is 2. The van der Waals surface area contributed by atoms with E-state index in [0.717, 1.165) is 37.8 Å². The van der Waals surface area contributed by atoms with Gasteiger partial charge in [0, 0.05) is 13.1 Å². The topological polar surface area (TPSA) is 107 Å². The van der Waals surface area contributed by atoms with Crippen molar-refractivity contribution in [2.45, 2.75) is 33.2 Å². The van der Waals surface area contributed by atoms with Gasteiger partial charge in [-0.05, 0) is 53.4 Å². The Morgan fingerprint density at radius 3 is 1.60 bits per heavy atom. The van der Waals surface area contributed by atoms with Gasteiger partial charge in [0.2, 0.25) is 11.9 Å². The predicted molar refractivity (Wildman–Crippen MR) is 164 cm³/mol. The van der Waals surface area contributed by atoms with E-state index in [9.17, 15) is 8.42 Å². The second-order valence-electron chi connectivity index (χ2n) is 9.55. The minimum absolute atomic E-state index is 0.109. The first kappa shape index (κ1) is 28.7. The molecule has 0 aliphatic rings. The van der Waals surface area contributed by atoms with Crippen LogP contribution in [0.4, 0.5) is 11.9 Å². The standard InChI is InChI=1S/C32H33N5O4S/c1-2-42(38,39)37-32(34-22-26-15-19-30(20-16-26)41-24-28-11-7-4-8-12-28)35-31(36-37)33-21-25-13-17-29(18-14-25)40-23-27-9-5-3-6-10-27/h3-20H,2,21-24H2,1H3,(H2,33,34,35,36). The first-order valence-corrected chi connectivity index (χ1v) is 15.3. The van der Waals surface area contributed by atoms with Crippen LogP contribution in [0.15, 0.2) is 109 Å². The summed E-state index contributed by atoms with van der Waals surface area (Å²) in [4.78, 5) is 4.42. The van der Waals surface area contributed by atoms with Crippen LogP contribution >= 0.6 is 0 Å². The molecule has 0 aliphatic heterocycles. The highest BCUT2D eigenvalue weighted by Crippen LogP contribution is 2.19. The molecule has 0 fully saturated rings. The largest absolute Gasteiger partial charge is 0.489 e. The van der Waals surface area contributed by atoms with Gasteiger partial charge in [-0.2, -0.15) is 4.98 Å². The summed E-state index contributed by atoms with van der Waals surface area (Å²) in [6, 6.07) is 35.3. The van der Waals surface area contributed by atoms with Crippen molar-refractivity contribution in [2.75, 3.05) is 16.4 Å². The average molecular weight is 584 g/mol. The van der Waals surface area contributed by atoms with Gasteiger partial charge >= 0.3 is 0 Å². The first-order valence-electron chi connectivity index (χ1n) is 13.7. The Morgan fingerprint density at radius 2 is 1.12 bits per heavy atom. The molecule has 5 aromatic rings. The van der Waals surface area contributed by atoms with Crippen LogP contribution in [0, 0.1) is 0 Å². The van der Waals surface area contributed by atoms with Gasteiger partial charge in [0.15, 0.2) is 0 Å². The van der Waals surface area contributed by atoms with Crippen molar-refractivity contribution in [3.05, 3.63) is 131 Å². The molecular formula is C32H33N5O4S. The lowest BCUT2D eigenvalue weighted by Gasteiger charge is -2.09. The fourth-order valence-electron chi connectivity index (χ4n) is 4.05. The summed E-state index contributed by atoms with van der Waals surface area (Å²) in [5.74, 6) is 1.77. The zero-order valence-corrected chi connectivity index (χ0v) is 24.1. The second kappa shape index (κ2) is 13.7. The highest BCUT2D eigenvalue weighted by molar-refractivity contribution is 7.89. The zero-order valence-electron chi connectivity index (χ0n) is 23.3. The zero-order chi connectivity index (χ0) is 29.2. The Hall–Kier alpha value is -4.83. The molecule has 0 bridgehead atoms. The summed E-state index contributed by atoms with van der Waals surface area (Å²) in [5, 5.41) is 10.5. The van der Waals surface area contributed by atoms with Gasteiger partial charge in [-0.3, -0.25) is 0 Å². The van der Waals surface area contributed by atoms with Gasteiger partial charge in [0.25, 0.3) is 10.0 Å². The summed E-state index contributed by atoms with van der Waals surface area (Å²) < 4.78 is 38.1. The molecule has 216 valence electrons. The molecule has 0 radical (unpaired) electrons. The van der Waals surface area contributed by atoms with Gasteiger partial charge in [0.05, 0.1) is 5.75 Å². The van der Waals surface area contributed by atoms with Crippen molar-refractivity contribution in [2.24, 2.45) is 0 Å². The molecule has 2 N–H and O–H groups in total. The molecule has 4 aromatic carbocycles. The summed E-state index contributed by atoms with van der Waals surface area (Å²) in [6.07, 6.45) is 0. The molecule has 1 heterocycles. The van der Waals surface area contributed by atoms with E-state index in [0.29, 0.717) is 26.3 Å². The number of hydrogen-bond acceptors (Lipinski definition) is 8. The first-order chi connectivity index (χ1) is 20.5. The highest BCUT2D eigenvalue weighted by Gasteiger charge is 2.20. The van der Waals surface area contributed by atoms with E-state index in [-0.39, 0.29) is 17.6 Å². The molecule has 0 saturated heterocycles. The van der Waals surface area contributed by atoms with Crippen molar-refractivity contribution >= 4 is 21.9 Å². The molecule has 0 unspecified atom stereocenters. The number of benzene rings is 4. The van der Waals surface area contributed by atoms with Gasteiger partial charge in [-0.1, -0.05) is 84.9 Å². The lowest BCUT2D eigenvalue weighted by atomic mass is 10.2. The van der Waals surface area contributed by atoms with E-state index in [4.69, 9.17) is 9.47 Å². The lowest BCUT2D eigenvalue weighted by Crippen LogP contribution is -2.19. The average Bonchev–Trinajstić information content (AvgIpc) is 3.47. The molecule has 0 spiro atoms. The van der Waals surface area contributed by atoms with Crippen molar-refractivity contribution in [3.63, 3.8) is 0 Å². The van der Waals surface area contributed by atoms with E-state index in [1.54, 1.807) is 6.92 Å². The van der Waals surface area contributed by atoms with Gasteiger partial charge in [0.1, 0.15) is 24.7 Å². The Kier molecular flexibility index (Phi) is 9.35. The number of nitrogens with zero attached hydrogens (tertiary/aromatic N) is 3. The predicted octanol–water partition coefficient (Wildman–Crippen LogP) is 5.86. The van der Waals surface area contributed by atoms with Crippen LogP contribution in [0.2, 0.25) is 0 Å². The molecule has 1 aromatic heterocycles. The monoisotopic (exact) mass is 583 g/mol. The SMILES string of the molecule is CCS(=O)(=O)n1nc(NCc2ccc(OCc3ccccc3)cc2)nc1NCc1ccc(OCc2ccccc2)cc1. The van der Waals surface area contributed by atoms with Gasteiger partial charge in [-0.25, -0.2) is 8.42 Å². The third-order valence-corrected chi connectivity index (χ3v) is 7.96. The quantitative estimate of drug-likeness (QED) is 0.167. The highest BCUT2D eigenvalue weighted by atomic mass is 32.2. The third kappa shape index (κ3) is 7.88. The normalized spacial score (nSPS) is 11.2. The number of aromatic nitrogens is 3. The molecule has 5 rings (SSSR count). The molecule has 10 heteroatoms. The minimum atomic E-state index is -3.67. The molecule has 0 amide bonds. The van der Waals surface area contributed by atoms with Crippen LogP contribution in [0.3, 0.4) is 0 Å². The Morgan fingerprint density at radius 1 is 0.643 bits per heavy atom. The fourth-order valence-corrected chi connectivity index (χ4v) is 4.86. The van der Waals surface area contributed by atoms with E-state index < -0.39 is 10.0 Å². The number of anilines is 2. The Balaban J connectivity index is 1.17. The molecule has 0 saturated carbocycles. The smallest absolute Gasteiger partial charge is 0.256 e. The van der Waals surface area contributed by atoms with Gasteiger partial charge in [-0.15, -0.1) is 9.19 Å². The van der Waals surface area contributed by atoms with Crippen molar-refractivity contribution < 1.29 is 17.9 Å². The molecule has 9 nitrogen and oxygen atoms in total. The Labute approximate surface area is 246 Å². The maximum Gasteiger partial charge on any atom is 0.256 e. The van der Waals surface area contributed by atoms with E-state index in [1.165, 1.54) is 0 Å². The van der Waals surface area contributed by atoms with Crippen LogP contribution in [0.25, 0.3) is 0 Å². The molecular weight excluding hydrogens is 550 g/mol. The summed E-state index contributed by atoms with van der Waals surface area (Å²) in [5.41, 5.74) is 4.10. The maximum absolute atomic E-state index is 12.7. The van der Waals surface area contributed by atoms with Crippen molar-refractivity contribution in [1.29, 1.82) is 0 Å². The summed E-state index contributed by atoms with van der Waals surface area (Å²) in [7, 11) is -3.67. The van der Waals surface area contributed by atoms with Crippen LogP contribution in [0.1, 0.15) is 29.2 Å². The van der Waals surface area contributed by atoms with Gasteiger partial charge < -0.3 is 20.1 Å². The van der Waals surface area contributed by atoms with Crippen LogP contribution in [-0.4, -0.2) is 28.3 Å². The fraction of sp³-hybridized carbons (Fsp3) is 0.188.